The van der Waals surface area contributed by atoms with Gasteiger partial charge in [-0.25, -0.2) is 17.9 Å². The number of carbonyl (C=O) groups excluding carboxylic acids is 1. The molecule has 2 N–H and O–H groups in total. The van der Waals surface area contributed by atoms with Crippen LogP contribution in [0.15, 0.2) is 23.1 Å². The Morgan fingerprint density at radius 1 is 1.47 bits per heavy atom. The molecule has 0 fully saturated rings. The summed E-state index contributed by atoms with van der Waals surface area (Å²) in [6.45, 7) is 3.00. The minimum absolute atomic E-state index is 0.00366. The van der Waals surface area contributed by atoms with Gasteiger partial charge in [0, 0.05) is 6.54 Å². The van der Waals surface area contributed by atoms with Gasteiger partial charge in [0.2, 0.25) is 10.0 Å². The number of hydrogen-bond acceptors (Lipinski definition) is 5. The van der Waals surface area contributed by atoms with Crippen LogP contribution in [0.1, 0.15) is 22.8 Å². The Bertz CT molecular complexity index is 565. The molecule has 0 aliphatic rings. The Labute approximate surface area is 112 Å². The lowest BCUT2D eigenvalue weighted by Crippen LogP contribution is -2.31. The average molecular weight is 287 g/mol. The normalized spacial score (nSPS) is 13.1. The van der Waals surface area contributed by atoms with Crippen LogP contribution in [0.3, 0.4) is 0 Å². The van der Waals surface area contributed by atoms with Crippen molar-refractivity contribution < 1.29 is 23.1 Å². The number of benzene rings is 1. The maximum atomic E-state index is 12.0. The molecule has 0 aromatic heterocycles. The van der Waals surface area contributed by atoms with Crippen LogP contribution in [0, 0.1) is 6.92 Å². The third kappa shape index (κ3) is 4.02. The minimum atomic E-state index is -3.77. The quantitative estimate of drug-likeness (QED) is 0.767. The van der Waals surface area contributed by atoms with Gasteiger partial charge in [-0.15, -0.1) is 0 Å². The highest BCUT2D eigenvalue weighted by Gasteiger charge is 2.19. The van der Waals surface area contributed by atoms with E-state index in [9.17, 15) is 13.2 Å². The molecule has 0 radical (unpaired) electrons. The summed E-state index contributed by atoms with van der Waals surface area (Å²) in [5.41, 5.74) is 0.663. The van der Waals surface area contributed by atoms with Crippen LogP contribution in [0.25, 0.3) is 0 Å². The number of rotatable bonds is 5. The molecule has 1 rings (SSSR count). The topological polar surface area (TPSA) is 92.7 Å². The summed E-state index contributed by atoms with van der Waals surface area (Å²) in [6, 6.07) is 4.28. The van der Waals surface area contributed by atoms with Crippen molar-refractivity contribution in [3.05, 3.63) is 29.3 Å². The van der Waals surface area contributed by atoms with Gasteiger partial charge in [-0.3, -0.25) is 0 Å². The first-order valence-corrected chi connectivity index (χ1v) is 7.13. The highest BCUT2D eigenvalue weighted by molar-refractivity contribution is 7.89. The Morgan fingerprint density at radius 2 is 2.11 bits per heavy atom. The van der Waals surface area contributed by atoms with Crippen LogP contribution >= 0.6 is 0 Å². The van der Waals surface area contributed by atoms with E-state index in [1.165, 1.54) is 32.2 Å². The summed E-state index contributed by atoms with van der Waals surface area (Å²) in [6.07, 6.45) is -0.793. The number of esters is 1. The number of sulfonamides is 1. The molecule has 0 unspecified atom stereocenters. The Morgan fingerprint density at radius 3 is 2.63 bits per heavy atom. The molecule has 7 heteroatoms. The van der Waals surface area contributed by atoms with E-state index < -0.39 is 22.1 Å². The molecule has 1 aromatic rings. The van der Waals surface area contributed by atoms with Crippen LogP contribution < -0.4 is 4.72 Å². The van der Waals surface area contributed by atoms with E-state index in [0.717, 1.165) is 0 Å². The third-order valence-corrected chi connectivity index (χ3v) is 4.03. The number of carbonyl (C=O) groups is 1. The van der Waals surface area contributed by atoms with Crippen molar-refractivity contribution in [3.8, 4) is 0 Å². The lowest BCUT2D eigenvalue weighted by atomic mass is 10.1. The molecule has 1 aromatic carbocycles. The highest BCUT2D eigenvalue weighted by Crippen LogP contribution is 2.17. The number of aliphatic hydroxyl groups excluding tert-OH is 1. The molecule has 6 nitrogen and oxygen atoms in total. The van der Waals surface area contributed by atoms with Crippen molar-refractivity contribution in [2.45, 2.75) is 24.8 Å². The third-order valence-electron chi connectivity index (χ3n) is 2.47. The molecular weight excluding hydrogens is 270 g/mol. The van der Waals surface area contributed by atoms with Gasteiger partial charge in [-0.1, -0.05) is 6.07 Å². The molecule has 0 saturated carbocycles. The fourth-order valence-corrected chi connectivity index (χ4v) is 2.83. The van der Waals surface area contributed by atoms with E-state index >= 15 is 0 Å². The van der Waals surface area contributed by atoms with Crippen LogP contribution in [0.4, 0.5) is 0 Å². The largest absolute Gasteiger partial charge is 0.465 e. The Kier molecular flexibility index (Phi) is 5.04. The molecule has 0 saturated heterocycles. The van der Waals surface area contributed by atoms with Gasteiger partial charge in [0.15, 0.2) is 0 Å². The SMILES string of the molecule is COC(=O)c1ccc(C)c(S(=O)(=O)NC[C@H](C)O)c1. The second-order valence-electron chi connectivity index (χ2n) is 4.17. The van der Waals surface area contributed by atoms with Gasteiger partial charge in [0.05, 0.1) is 23.7 Å². The summed E-state index contributed by atoms with van der Waals surface area (Å²) in [5, 5.41) is 9.11. The summed E-state index contributed by atoms with van der Waals surface area (Å²) in [5.74, 6) is -0.605. The van der Waals surface area contributed by atoms with Gasteiger partial charge in [-0.05, 0) is 31.5 Å². The average Bonchev–Trinajstić information content (AvgIpc) is 2.36. The lowest BCUT2D eigenvalue weighted by Gasteiger charge is -2.11. The molecule has 0 amide bonds. The van der Waals surface area contributed by atoms with E-state index in [1.807, 2.05) is 0 Å². The molecule has 1 atom stereocenters. The molecule has 0 bridgehead atoms. The molecule has 0 heterocycles. The predicted octanol–water partition coefficient (Wildman–Crippen LogP) is 0.441. The number of ether oxygens (including phenoxy) is 1. The summed E-state index contributed by atoms with van der Waals surface area (Å²) in [7, 11) is -2.54. The fourth-order valence-electron chi connectivity index (χ4n) is 1.44. The Hall–Kier alpha value is -1.44. The zero-order valence-electron chi connectivity index (χ0n) is 11.0. The second-order valence-corrected chi connectivity index (χ2v) is 5.91. The van der Waals surface area contributed by atoms with Crippen LogP contribution in [-0.2, 0) is 14.8 Å². The molecule has 0 aliphatic heterocycles. The van der Waals surface area contributed by atoms with Crippen LogP contribution in [-0.4, -0.2) is 39.3 Å². The zero-order valence-corrected chi connectivity index (χ0v) is 11.8. The molecule has 0 spiro atoms. The van der Waals surface area contributed by atoms with E-state index in [2.05, 4.69) is 9.46 Å². The standard InChI is InChI=1S/C12H17NO5S/c1-8-4-5-10(12(15)18-3)6-11(8)19(16,17)13-7-9(2)14/h4-6,9,13-14H,7H2,1-3H3/t9-/m0/s1. The van der Waals surface area contributed by atoms with Crippen molar-refractivity contribution in [2.75, 3.05) is 13.7 Å². The van der Waals surface area contributed by atoms with Crippen molar-refractivity contribution in [1.82, 2.24) is 4.72 Å². The van der Waals surface area contributed by atoms with Gasteiger partial charge in [0.25, 0.3) is 0 Å². The van der Waals surface area contributed by atoms with Crippen molar-refractivity contribution >= 4 is 16.0 Å². The smallest absolute Gasteiger partial charge is 0.337 e. The first-order valence-electron chi connectivity index (χ1n) is 5.64. The van der Waals surface area contributed by atoms with E-state index in [1.54, 1.807) is 6.92 Å². The van der Waals surface area contributed by atoms with Gasteiger partial charge >= 0.3 is 5.97 Å². The maximum absolute atomic E-state index is 12.0. The number of hydrogen-bond donors (Lipinski definition) is 2. The van der Waals surface area contributed by atoms with Crippen molar-refractivity contribution in [1.29, 1.82) is 0 Å². The lowest BCUT2D eigenvalue weighted by molar-refractivity contribution is 0.0600. The monoisotopic (exact) mass is 287 g/mol. The summed E-state index contributed by atoms with van der Waals surface area (Å²) >= 11 is 0. The molecular formula is C12H17NO5S. The van der Waals surface area contributed by atoms with Crippen LogP contribution in [0.2, 0.25) is 0 Å². The summed E-state index contributed by atoms with van der Waals surface area (Å²) < 4.78 is 30.9. The van der Waals surface area contributed by atoms with E-state index in [4.69, 9.17) is 5.11 Å². The van der Waals surface area contributed by atoms with Gasteiger partial charge in [-0.2, -0.15) is 0 Å². The van der Waals surface area contributed by atoms with Crippen molar-refractivity contribution in [2.24, 2.45) is 0 Å². The highest BCUT2D eigenvalue weighted by atomic mass is 32.2. The van der Waals surface area contributed by atoms with E-state index in [-0.39, 0.29) is 17.0 Å². The summed E-state index contributed by atoms with van der Waals surface area (Å²) in [4.78, 5) is 11.4. The number of aryl methyl sites for hydroxylation is 1. The van der Waals surface area contributed by atoms with Crippen LogP contribution in [0.5, 0.6) is 0 Å². The first-order chi connectivity index (χ1) is 8.77. The first kappa shape index (κ1) is 15.6. The number of aliphatic hydroxyl groups is 1. The van der Waals surface area contributed by atoms with Gasteiger partial charge in [0.1, 0.15) is 0 Å². The number of methoxy groups -OCH3 is 1. The number of nitrogens with one attached hydrogen (secondary N) is 1. The Balaban J connectivity index is 3.15. The molecule has 106 valence electrons. The fraction of sp³-hybridized carbons (Fsp3) is 0.417. The van der Waals surface area contributed by atoms with E-state index in [0.29, 0.717) is 5.56 Å². The van der Waals surface area contributed by atoms with Crippen molar-refractivity contribution in [3.63, 3.8) is 0 Å². The molecule has 19 heavy (non-hydrogen) atoms. The minimum Gasteiger partial charge on any atom is -0.465 e. The predicted molar refractivity (Wildman–Crippen MR) is 69.4 cm³/mol. The second kappa shape index (κ2) is 6.14. The molecule has 0 aliphatic carbocycles. The maximum Gasteiger partial charge on any atom is 0.337 e. The zero-order chi connectivity index (χ0) is 14.6. The van der Waals surface area contributed by atoms with Gasteiger partial charge < -0.3 is 9.84 Å².